The quantitative estimate of drug-likeness (QED) is 0.847. The largest absolute Gasteiger partial charge is 0.495 e. The molecule has 0 spiro atoms. The summed E-state index contributed by atoms with van der Waals surface area (Å²) in [5.41, 5.74) is 0.817. The summed E-state index contributed by atoms with van der Waals surface area (Å²) >= 11 is 6.02. The van der Waals surface area contributed by atoms with Crippen molar-refractivity contribution in [1.82, 2.24) is 5.32 Å². The second-order valence-electron chi connectivity index (χ2n) is 3.54. The monoisotopic (exact) mass is 240 g/mol. The van der Waals surface area contributed by atoms with Crippen molar-refractivity contribution in [3.05, 3.63) is 23.2 Å². The number of carbonyl (C=O) groups excluding carboxylic acids is 1. The lowest BCUT2D eigenvalue weighted by Gasteiger charge is -2.27. The van der Waals surface area contributed by atoms with Crippen LogP contribution in [0, 0.1) is 0 Å². The number of rotatable bonds is 2. The van der Waals surface area contributed by atoms with E-state index in [1.807, 2.05) is 6.07 Å². The summed E-state index contributed by atoms with van der Waals surface area (Å²) in [6.07, 6.45) is 0. The number of halogens is 1. The number of nitrogens with zero attached hydrogens (tertiary/aromatic N) is 1. The molecule has 1 amide bonds. The molecule has 0 aliphatic carbocycles. The van der Waals surface area contributed by atoms with Gasteiger partial charge in [-0.25, -0.2) is 0 Å². The molecule has 1 N–H and O–H groups in total. The van der Waals surface area contributed by atoms with Gasteiger partial charge in [0.15, 0.2) is 0 Å². The first kappa shape index (κ1) is 11.2. The zero-order chi connectivity index (χ0) is 11.5. The van der Waals surface area contributed by atoms with Crippen LogP contribution in [0.4, 0.5) is 5.69 Å². The van der Waals surface area contributed by atoms with Gasteiger partial charge in [-0.3, -0.25) is 4.79 Å². The highest BCUT2D eigenvalue weighted by atomic mass is 35.5. The number of benzene rings is 1. The fourth-order valence-electron chi connectivity index (χ4n) is 1.70. The summed E-state index contributed by atoms with van der Waals surface area (Å²) in [5, 5.41) is 3.54. The third-order valence-electron chi connectivity index (χ3n) is 2.54. The average Bonchev–Trinajstić information content (AvgIpc) is 2.29. The Morgan fingerprint density at radius 3 is 2.94 bits per heavy atom. The minimum Gasteiger partial charge on any atom is -0.495 e. The highest BCUT2D eigenvalue weighted by Crippen LogP contribution is 2.29. The van der Waals surface area contributed by atoms with Crippen molar-refractivity contribution >= 4 is 23.2 Å². The Bertz CT molecular complexity index is 409. The van der Waals surface area contributed by atoms with Crippen molar-refractivity contribution in [1.29, 1.82) is 0 Å². The summed E-state index contributed by atoms with van der Waals surface area (Å²) < 4.78 is 5.07. The van der Waals surface area contributed by atoms with Gasteiger partial charge in [-0.15, -0.1) is 0 Å². The molecule has 0 bridgehead atoms. The first-order chi connectivity index (χ1) is 7.72. The van der Waals surface area contributed by atoms with Crippen LogP contribution in [0.2, 0.25) is 5.02 Å². The summed E-state index contributed by atoms with van der Waals surface area (Å²) in [4.78, 5) is 13.4. The molecule has 0 saturated carbocycles. The van der Waals surface area contributed by atoms with E-state index >= 15 is 0 Å². The molecule has 0 aromatic heterocycles. The molecule has 1 aliphatic heterocycles. The first-order valence-corrected chi connectivity index (χ1v) is 5.45. The van der Waals surface area contributed by atoms with Crippen molar-refractivity contribution in [2.45, 2.75) is 0 Å². The highest BCUT2D eigenvalue weighted by molar-refractivity contribution is 6.32. The first-order valence-electron chi connectivity index (χ1n) is 5.07. The minimum atomic E-state index is 0.0625. The van der Waals surface area contributed by atoms with Crippen LogP contribution in [-0.2, 0) is 4.79 Å². The van der Waals surface area contributed by atoms with Crippen LogP contribution in [0.1, 0.15) is 0 Å². The number of hydrogen-bond acceptors (Lipinski definition) is 3. The molecular formula is C11H13ClN2O2. The van der Waals surface area contributed by atoms with Gasteiger partial charge in [-0.05, 0) is 18.2 Å². The lowest BCUT2D eigenvalue weighted by atomic mass is 10.2. The van der Waals surface area contributed by atoms with Gasteiger partial charge in [-0.1, -0.05) is 11.6 Å². The maximum Gasteiger partial charge on any atom is 0.240 e. The van der Waals surface area contributed by atoms with Crippen molar-refractivity contribution in [2.75, 3.05) is 31.6 Å². The molecule has 1 saturated heterocycles. The molecule has 0 radical (unpaired) electrons. The second kappa shape index (κ2) is 4.72. The standard InChI is InChI=1S/C11H13ClN2O2/c1-16-10-3-2-8(6-9(10)12)14-5-4-13-7-11(14)15/h2-3,6,13H,4-5,7H2,1H3. The SMILES string of the molecule is COc1ccc(N2CCNCC2=O)cc1Cl. The van der Waals surface area contributed by atoms with Gasteiger partial charge in [-0.2, -0.15) is 0 Å². The van der Waals surface area contributed by atoms with Gasteiger partial charge in [0.25, 0.3) is 0 Å². The third-order valence-corrected chi connectivity index (χ3v) is 2.83. The molecule has 1 fully saturated rings. The molecule has 86 valence electrons. The lowest BCUT2D eigenvalue weighted by molar-refractivity contribution is -0.118. The number of nitrogens with one attached hydrogen (secondary N) is 1. The Morgan fingerprint density at radius 2 is 2.31 bits per heavy atom. The third kappa shape index (κ3) is 2.13. The van der Waals surface area contributed by atoms with Crippen molar-refractivity contribution < 1.29 is 9.53 Å². The highest BCUT2D eigenvalue weighted by Gasteiger charge is 2.19. The Labute approximate surface area is 99.1 Å². The van der Waals surface area contributed by atoms with Crippen LogP contribution < -0.4 is 15.0 Å². The Hall–Kier alpha value is -1.26. The van der Waals surface area contributed by atoms with Gasteiger partial charge in [0.1, 0.15) is 5.75 Å². The van der Waals surface area contributed by atoms with E-state index in [0.717, 1.165) is 12.2 Å². The zero-order valence-electron chi connectivity index (χ0n) is 9.00. The van der Waals surface area contributed by atoms with Gasteiger partial charge in [0, 0.05) is 18.8 Å². The van der Waals surface area contributed by atoms with E-state index in [9.17, 15) is 4.79 Å². The smallest absolute Gasteiger partial charge is 0.240 e. The molecule has 0 unspecified atom stereocenters. The van der Waals surface area contributed by atoms with Gasteiger partial charge >= 0.3 is 0 Å². The van der Waals surface area contributed by atoms with E-state index in [-0.39, 0.29) is 5.91 Å². The van der Waals surface area contributed by atoms with E-state index in [0.29, 0.717) is 23.9 Å². The molecule has 0 atom stereocenters. The molecule has 1 aromatic rings. The van der Waals surface area contributed by atoms with Crippen LogP contribution in [-0.4, -0.2) is 32.7 Å². The van der Waals surface area contributed by atoms with E-state index in [2.05, 4.69) is 5.32 Å². The Morgan fingerprint density at radius 1 is 1.50 bits per heavy atom. The summed E-state index contributed by atoms with van der Waals surface area (Å²) in [5.74, 6) is 0.681. The lowest BCUT2D eigenvalue weighted by Crippen LogP contribution is -2.48. The number of amides is 1. The van der Waals surface area contributed by atoms with E-state index in [1.54, 1.807) is 24.1 Å². The number of anilines is 1. The number of methoxy groups -OCH3 is 1. The molecule has 16 heavy (non-hydrogen) atoms. The van der Waals surface area contributed by atoms with Crippen LogP contribution in [0.15, 0.2) is 18.2 Å². The summed E-state index contributed by atoms with van der Waals surface area (Å²) in [6, 6.07) is 5.37. The van der Waals surface area contributed by atoms with Gasteiger partial charge in [0.05, 0.1) is 18.7 Å². The van der Waals surface area contributed by atoms with Crippen LogP contribution in [0.3, 0.4) is 0 Å². The maximum absolute atomic E-state index is 11.6. The normalized spacial score (nSPS) is 16.4. The van der Waals surface area contributed by atoms with Gasteiger partial charge < -0.3 is 15.0 Å². The molecular weight excluding hydrogens is 228 g/mol. The minimum absolute atomic E-state index is 0.0625. The molecule has 1 heterocycles. The van der Waals surface area contributed by atoms with Crippen LogP contribution in [0.5, 0.6) is 5.75 Å². The average molecular weight is 241 g/mol. The predicted octanol–water partition coefficient (Wildman–Crippen LogP) is 1.28. The molecule has 2 rings (SSSR count). The number of hydrogen-bond donors (Lipinski definition) is 1. The zero-order valence-corrected chi connectivity index (χ0v) is 9.75. The van der Waals surface area contributed by atoms with Crippen molar-refractivity contribution in [2.24, 2.45) is 0 Å². The molecule has 1 aromatic carbocycles. The molecule has 5 heteroatoms. The molecule has 1 aliphatic rings. The van der Waals surface area contributed by atoms with Gasteiger partial charge in [0.2, 0.25) is 5.91 Å². The van der Waals surface area contributed by atoms with Crippen LogP contribution in [0.25, 0.3) is 0 Å². The number of piperazine rings is 1. The molecule has 4 nitrogen and oxygen atoms in total. The van der Waals surface area contributed by atoms with Crippen molar-refractivity contribution in [3.8, 4) is 5.75 Å². The van der Waals surface area contributed by atoms with E-state index in [4.69, 9.17) is 16.3 Å². The maximum atomic E-state index is 11.6. The van der Waals surface area contributed by atoms with E-state index < -0.39 is 0 Å². The van der Waals surface area contributed by atoms with Crippen LogP contribution >= 0.6 is 11.6 Å². The fourth-order valence-corrected chi connectivity index (χ4v) is 1.95. The topological polar surface area (TPSA) is 41.6 Å². The van der Waals surface area contributed by atoms with E-state index in [1.165, 1.54) is 0 Å². The Kier molecular flexibility index (Phi) is 3.31. The fraction of sp³-hybridized carbons (Fsp3) is 0.364. The summed E-state index contributed by atoms with van der Waals surface area (Å²) in [7, 11) is 1.57. The number of ether oxygens (including phenoxy) is 1. The second-order valence-corrected chi connectivity index (χ2v) is 3.95. The van der Waals surface area contributed by atoms with Crippen molar-refractivity contribution in [3.63, 3.8) is 0 Å². The Balaban J connectivity index is 2.26. The predicted molar refractivity (Wildman–Crippen MR) is 63.2 cm³/mol. The summed E-state index contributed by atoms with van der Waals surface area (Å²) in [6.45, 7) is 1.85. The number of carbonyl (C=O) groups is 1.